The Morgan fingerprint density at radius 3 is 1.83 bits per heavy atom. The number of nitrogens with zero attached hydrogens (tertiary/aromatic N) is 3. The normalized spacial score (nSPS) is 12.2. The van der Waals surface area contributed by atoms with Gasteiger partial charge in [0.05, 0.1) is 22.4 Å². The van der Waals surface area contributed by atoms with Crippen LogP contribution in [0.15, 0.2) is 176 Å². The smallest absolute Gasteiger partial charge is 0.235 e. The maximum absolute atomic E-state index is 5.52. The summed E-state index contributed by atoms with van der Waals surface area (Å²) in [6.45, 7) is 0. The summed E-state index contributed by atoms with van der Waals surface area (Å²) in [5.41, 5.74) is 11.2. The highest BCUT2D eigenvalue weighted by Gasteiger charge is 2.24. The number of para-hydroxylation sites is 1. The summed E-state index contributed by atoms with van der Waals surface area (Å²) in [4.78, 5) is 10.9. The van der Waals surface area contributed by atoms with Gasteiger partial charge in [0.2, 0.25) is 5.95 Å². The minimum Gasteiger partial charge on any atom is -0.277 e. The van der Waals surface area contributed by atoms with Gasteiger partial charge in [0.1, 0.15) is 0 Å². The zero-order chi connectivity index (χ0) is 34.6. The van der Waals surface area contributed by atoms with Gasteiger partial charge in [0.15, 0.2) is 0 Å². The molecule has 0 saturated carbocycles. The van der Waals surface area contributed by atoms with Gasteiger partial charge in [-0.2, -0.15) is 0 Å². The summed E-state index contributed by atoms with van der Waals surface area (Å²) in [6, 6.07) is 63.5. The van der Waals surface area contributed by atoms with Gasteiger partial charge in [-0.3, -0.25) is 4.57 Å². The second kappa shape index (κ2) is 10.7. The Labute approximate surface area is 305 Å². The molecule has 0 N–H and O–H groups in total. The molecule has 0 spiro atoms. The van der Waals surface area contributed by atoms with Crippen LogP contribution in [0, 0.1) is 0 Å². The lowest BCUT2D eigenvalue weighted by Crippen LogP contribution is -2.04. The van der Waals surface area contributed by atoms with Gasteiger partial charge in [-0.1, -0.05) is 152 Å². The van der Waals surface area contributed by atoms with Crippen molar-refractivity contribution in [2.75, 3.05) is 0 Å². The summed E-state index contributed by atoms with van der Waals surface area (Å²) < 4.78 is 2.31. The fourth-order valence-corrected chi connectivity index (χ4v) is 9.06. The molecule has 2 aromatic heterocycles. The van der Waals surface area contributed by atoms with Gasteiger partial charge in [-0.15, -0.1) is 0 Å². The first-order chi connectivity index (χ1) is 26.3. The van der Waals surface area contributed by atoms with Crippen LogP contribution in [-0.4, -0.2) is 14.5 Å². The number of benzene rings is 9. The van der Waals surface area contributed by atoms with Gasteiger partial charge < -0.3 is 0 Å². The van der Waals surface area contributed by atoms with Crippen molar-refractivity contribution in [3.63, 3.8) is 0 Å². The molecule has 244 valence electrons. The number of hydrogen-bond acceptors (Lipinski definition) is 2. The Bertz CT molecular complexity index is 3340. The Hall–Kier alpha value is -7.10. The highest BCUT2D eigenvalue weighted by atomic mass is 15.2. The molecule has 11 aromatic rings. The summed E-state index contributed by atoms with van der Waals surface area (Å²) in [7, 11) is 0. The Morgan fingerprint density at radius 1 is 0.340 bits per heavy atom. The predicted octanol–water partition coefficient (Wildman–Crippen LogP) is 13.2. The molecular weight excluding hydrogens is 643 g/mol. The highest BCUT2D eigenvalue weighted by Crippen LogP contribution is 2.49. The van der Waals surface area contributed by atoms with Crippen molar-refractivity contribution >= 4 is 64.9 Å². The third kappa shape index (κ3) is 3.99. The largest absolute Gasteiger partial charge is 0.277 e. The first-order valence-corrected chi connectivity index (χ1v) is 18.2. The van der Waals surface area contributed by atoms with Crippen LogP contribution in [0.25, 0.3) is 116 Å². The lowest BCUT2D eigenvalue weighted by Gasteiger charge is -2.15. The molecule has 0 fully saturated rings. The lowest BCUT2D eigenvalue weighted by molar-refractivity contribution is 0.998. The Balaban J connectivity index is 1.22. The summed E-state index contributed by atoms with van der Waals surface area (Å²) in [6.07, 6.45) is 0. The van der Waals surface area contributed by atoms with E-state index in [-0.39, 0.29) is 0 Å². The topological polar surface area (TPSA) is 30.7 Å². The van der Waals surface area contributed by atoms with Crippen LogP contribution in [0.4, 0.5) is 0 Å². The molecule has 0 bridgehead atoms. The van der Waals surface area contributed by atoms with Crippen LogP contribution in [0.3, 0.4) is 0 Å². The zero-order valence-corrected chi connectivity index (χ0v) is 28.6. The molecule has 0 radical (unpaired) electrons. The number of aromatic nitrogens is 3. The molecule has 53 heavy (non-hydrogen) atoms. The van der Waals surface area contributed by atoms with E-state index in [0.717, 1.165) is 33.5 Å². The van der Waals surface area contributed by atoms with Crippen molar-refractivity contribution < 1.29 is 0 Å². The van der Waals surface area contributed by atoms with E-state index >= 15 is 0 Å². The quantitative estimate of drug-likeness (QED) is 0.175. The van der Waals surface area contributed by atoms with Gasteiger partial charge in [0.25, 0.3) is 0 Å². The van der Waals surface area contributed by atoms with Gasteiger partial charge in [0, 0.05) is 27.3 Å². The zero-order valence-electron chi connectivity index (χ0n) is 28.6. The van der Waals surface area contributed by atoms with Gasteiger partial charge >= 0.3 is 0 Å². The van der Waals surface area contributed by atoms with Crippen molar-refractivity contribution in [1.29, 1.82) is 0 Å². The minimum absolute atomic E-state index is 0.656. The van der Waals surface area contributed by atoms with Crippen LogP contribution in [0.5, 0.6) is 0 Å². The molecular formula is C50H29N3. The molecule has 0 unspecified atom stereocenters. The van der Waals surface area contributed by atoms with Crippen LogP contribution in [-0.2, 0) is 0 Å². The first-order valence-electron chi connectivity index (χ1n) is 18.2. The second-order valence-electron chi connectivity index (χ2n) is 14.1. The fourth-order valence-electron chi connectivity index (χ4n) is 9.06. The monoisotopic (exact) mass is 671 g/mol. The third-order valence-corrected chi connectivity index (χ3v) is 11.3. The molecule has 0 atom stereocenters. The van der Waals surface area contributed by atoms with Crippen LogP contribution >= 0.6 is 0 Å². The summed E-state index contributed by atoms with van der Waals surface area (Å²) in [5, 5.41) is 12.4. The van der Waals surface area contributed by atoms with Crippen LogP contribution in [0.1, 0.15) is 0 Å². The average Bonchev–Trinajstić information content (AvgIpc) is 3.75. The molecule has 0 aliphatic heterocycles. The molecule has 2 heterocycles. The maximum atomic E-state index is 5.52. The highest BCUT2D eigenvalue weighted by molar-refractivity contribution is 6.36. The molecule has 0 saturated heterocycles. The third-order valence-electron chi connectivity index (χ3n) is 11.3. The van der Waals surface area contributed by atoms with E-state index in [1.165, 1.54) is 76.1 Å². The van der Waals surface area contributed by atoms with E-state index in [1.807, 2.05) is 0 Å². The molecule has 12 rings (SSSR count). The lowest BCUT2D eigenvalue weighted by atomic mass is 9.93. The predicted molar refractivity (Wildman–Crippen MR) is 222 cm³/mol. The second-order valence-corrected chi connectivity index (χ2v) is 14.1. The van der Waals surface area contributed by atoms with Crippen molar-refractivity contribution in [3.05, 3.63) is 176 Å². The Morgan fingerprint density at radius 2 is 0.981 bits per heavy atom. The first kappa shape index (κ1) is 28.6. The fraction of sp³-hybridized carbons (Fsp3) is 0. The SMILES string of the molecule is c1ccc(-c2cc(-c3cc4c5c(cccc5c3)-c3ccccc3-4)nc(-n3c4ccccc4c4c5ccc6ccccc6c5c5ccccc5c43)n2)cc1. The standard InChI is InChI=1S/C50H29N3/c1-2-14-31(15-3-1)43-29-44(33-27-32-16-12-23-37-35-18-6-7-19-36(35)42(28-33)46(32)37)52-50(51-43)53-45-24-11-10-22-40(45)48-41-26-25-30-13-4-5-17-34(30)47(41)38-20-8-9-21-39(38)49(48)53/h1-29H. The molecule has 0 amide bonds. The van der Waals surface area contributed by atoms with E-state index in [2.05, 4.69) is 180 Å². The van der Waals surface area contributed by atoms with E-state index in [0.29, 0.717) is 5.95 Å². The van der Waals surface area contributed by atoms with Gasteiger partial charge in [-0.25, -0.2) is 9.97 Å². The van der Waals surface area contributed by atoms with E-state index < -0.39 is 0 Å². The van der Waals surface area contributed by atoms with E-state index in [9.17, 15) is 0 Å². The summed E-state index contributed by atoms with van der Waals surface area (Å²) in [5.74, 6) is 0.656. The van der Waals surface area contributed by atoms with Crippen molar-refractivity contribution in [2.45, 2.75) is 0 Å². The van der Waals surface area contributed by atoms with E-state index in [4.69, 9.17) is 9.97 Å². The molecule has 1 aliphatic rings. The van der Waals surface area contributed by atoms with Crippen molar-refractivity contribution in [1.82, 2.24) is 14.5 Å². The molecule has 3 heteroatoms. The average molecular weight is 672 g/mol. The van der Waals surface area contributed by atoms with Crippen LogP contribution < -0.4 is 0 Å². The van der Waals surface area contributed by atoms with Gasteiger partial charge in [-0.05, 0) is 84.2 Å². The van der Waals surface area contributed by atoms with Crippen molar-refractivity contribution in [2.24, 2.45) is 0 Å². The Kier molecular flexibility index (Phi) is 5.77. The molecule has 3 nitrogen and oxygen atoms in total. The van der Waals surface area contributed by atoms with E-state index in [1.54, 1.807) is 0 Å². The maximum Gasteiger partial charge on any atom is 0.235 e. The number of fused-ring (bicyclic) bond motifs is 13. The van der Waals surface area contributed by atoms with Crippen LogP contribution in [0.2, 0.25) is 0 Å². The number of hydrogen-bond donors (Lipinski definition) is 0. The van der Waals surface area contributed by atoms with Crippen molar-refractivity contribution in [3.8, 4) is 50.7 Å². The minimum atomic E-state index is 0.656. The number of rotatable bonds is 3. The molecule has 9 aromatic carbocycles. The summed E-state index contributed by atoms with van der Waals surface area (Å²) >= 11 is 0. The molecule has 1 aliphatic carbocycles.